The minimum Gasteiger partial charge on any atom is -0.493 e. The van der Waals surface area contributed by atoms with E-state index in [0.717, 1.165) is 36.3 Å². The van der Waals surface area contributed by atoms with E-state index in [4.69, 9.17) is 14.2 Å². The van der Waals surface area contributed by atoms with Crippen molar-refractivity contribution in [3.63, 3.8) is 0 Å². The monoisotopic (exact) mass is 403 g/mol. The van der Waals surface area contributed by atoms with Crippen molar-refractivity contribution in [1.29, 1.82) is 0 Å². The minimum absolute atomic E-state index is 0.406. The maximum Gasteiger partial charge on any atom is 0.338 e. The summed E-state index contributed by atoms with van der Waals surface area (Å²) in [6.07, 6.45) is 0.969. The summed E-state index contributed by atoms with van der Waals surface area (Å²) in [6.45, 7) is 1.74. The number of rotatable bonds is 6. The molecule has 3 aromatic rings. The van der Waals surface area contributed by atoms with E-state index >= 15 is 0 Å². The topological polar surface area (TPSA) is 48.0 Å². The van der Waals surface area contributed by atoms with Crippen molar-refractivity contribution in [1.82, 2.24) is 0 Å². The third-order valence-electron chi connectivity index (χ3n) is 5.52. The van der Waals surface area contributed by atoms with Crippen LogP contribution in [-0.2, 0) is 17.7 Å². The Bertz CT molecular complexity index is 1060. The molecule has 0 aliphatic carbocycles. The number of benzene rings is 3. The average molecular weight is 403 g/mol. The lowest BCUT2D eigenvalue weighted by Crippen LogP contribution is -2.20. The van der Waals surface area contributed by atoms with E-state index in [9.17, 15) is 4.79 Å². The van der Waals surface area contributed by atoms with Gasteiger partial charge in [0.15, 0.2) is 11.5 Å². The van der Waals surface area contributed by atoms with Gasteiger partial charge in [0, 0.05) is 29.9 Å². The lowest BCUT2D eigenvalue weighted by molar-refractivity contribution is 0.0601. The minimum atomic E-state index is -0.406. The summed E-state index contributed by atoms with van der Waals surface area (Å²) in [5.41, 5.74) is 5.89. The first kappa shape index (κ1) is 19.8. The number of fused-ring (bicyclic) bond motifs is 1. The first-order valence-corrected chi connectivity index (χ1v) is 9.91. The summed E-state index contributed by atoms with van der Waals surface area (Å²) < 4.78 is 16.0. The molecule has 0 atom stereocenters. The fraction of sp³-hybridized carbons (Fsp3) is 0.240. The van der Waals surface area contributed by atoms with Gasteiger partial charge in [0.1, 0.15) is 0 Å². The van der Waals surface area contributed by atoms with Crippen molar-refractivity contribution >= 4 is 11.7 Å². The molecule has 3 aromatic carbocycles. The largest absolute Gasteiger partial charge is 0.493 e. The quantitative estimate of drug-likeness (QED) is 0.558. The lowest BCUT2D eigenvalue weighted by Gasteiger charge is -2.24. The highest BCUT2D eigenvalue weighted by atomic mass is 16.5. The highest BCUT2D eigenvalue weighted by Gasteiger charge is 2.26. The van der Waals surface area contributed by atoms with Crippen molar-refractivity contribution in [3.8, 4) is 22.6 Å². The third kappa shape index (κ3) is 3.59. The Morgan fingerprint density at radius 2 is 1.63 bits per heavy atom. The van der Waals surface area contributed by atoms with Crippen molar-refractivity contribution in [3.05, 3.63) is 77.4 Å². The molecule has 0 saturated carbocycles. The molecule has 1 aliphatic rings. The van der Waals surface area contributed by atoms with Crippen LogP contribution in [0.2, 0.25) is 0 Å². The van der Waals surface area contributed by atoms with Gasteiger partial charge in [0.25, 0.3) is 0 Å². The molecule has 0 saturated heterocycles. The number of nitrogens with zero attached hydrogens (tertiary/aromatic N) is 1. The summed E-state index contributed by atoms with van der Waals surface area (Å²) >= 11 is 0. The van der Waals surface area contributed by atoms with Gasteiger partial charge in [-0.05, 0) is 29.7 Å². The van der Waals surface area contributed by atoms with E-state index < -0.39 is 5.97 Å². The Morgan fingerprint density at radius 1 is 0.900 bits per heavy atom. The zero-order chi connectivity index (χ0) is 21.1. The normalized spacial score (nSPS) is 12.4. The molecule has 0 radical (unpaired) electrons. The first-order valence-electron chi connectivity index (χ1n) is 9.91. The van der Waals surface area contributed by atoms with Crippen LogP contribution >= 0.6 is 0 Å². The van der Waals surface area contributed by atoms with Gasteiger partial charge >= 0.3 is 5.97 Å². The molecule has 1 heterocycles. The average Bonchev–Trinajstić information content (AvgIpc) is 3.21. The molecule has 0 amide bonds. The number of carbonyl (C=O) groups is 1. The molecule has 154 valence electrons. The molecule has 30 heavy (non-hydrogen) atoms. The van der Waals surface area contributed by atoms with Gasteiger partial charge in [-0.3, -0.25) is 0 Å². The molecular formula is C25H25NO4. The van der Waals surface area contributed by atoms with Gasteiger partial charge in [-0.2, -0.15) is 0 Å². The maximum absolute atomic E-state index is 12.6. The van der Waals surface area contributed by atoms with Crippen LogP contribution < -0.4 is 14.4 Å². The predicted octanol–water partition coefficient (Wildman–Crippen LogP) is 4.72. The molecule has 0 spiro atoms. The fourth-order valence-electron chi connectivity index (χ4n) is 4.09. The van der Waals surface area contributed by atoms with E-state index in [1.807, 2.05) is 18.2 Å². The van der Waals surface area contributed by atoms with Crippen LogP contribution in [0.4, 0.5) is 5.69 Å². The van der Waals surface area contributed by atoms with Gasteiger partial charge in [-0.15, -0.1) is 0 Å². The van der Waals surface area contributed by atoms with Crippen LogP contribution in [-0.4, -0.2) is 33.8 Å². The second-order valence-electron chi connectivity index (χ2n) is 7.21. The number of ether oxygens (including phenoxy) is 3. The van der Waals surface area contributed by atoms with E-state index in [0.29, 0.717) is 17.1 Å². The summed E-state index contributed by atoms with van der Waals surface area (Å²) in [5, 5.41) is 0. The Balaban J connectivity index is 1.86. The zero-order valence-corrected chi connectivity index (χ0v) is 17.5. The third-order valence-corrected chi connectivity index (χ3v) is 5.52. The lowest BCUT2D eigenvalue weighted by atomic mass is 9.95. The van der Waals surface area contributed by atoms with Crippen molar-refractivity contribution in [2.45, 2.75) is 13.0 Å². The van der Waals surface area contributed by atoms with Crippen molar-refractivity contribution in [2.75, 3.05) is 32.8 Å². The standard InChI is InChI=1S/C25H25NO4/c1-28-22-14-20(21(25(27)30-3)15-23(22)29-2)19-11-7-10-18-12-13-26(24(18)19)16-17-8-5-4-6-9-17/h4-11,14-15H,12-13,16H2,1-3H3. The number of hydrogen-bond acceptors (Lipinski definition) is 5. The first-order chi connectivity index (χ1) is 14.7. The van der Waals surface area contributed by atoms with Crippen LogP contribution in [0.25, 0.3) is 11.1 Å². The predicted molar refractivity (Wildman–Crippen MR) is 118 cm³/mol. The molecule has 0 N–H and O–H groups in total. The van der Waals surface area contributed by atoms with Gasteiger partial charge < -0.3 is 19.1 Å². The Kier molecular flexibility index (Phi) is 5.61. The van der Waals surface area contributed by atoms with Gasteiger partial charge in [0.2, 0.25) is 0 Å². The van der Waals surface area contributed by atoms with E-state index in [2.05, 4.69) is 41.3 Å². The van der Waals surface area contributed by atoms with Crippen LogP contribution in [0, 0.1) is 0 Å². The molecule has 4 rings (SSSR count). The number of esters is 1. The highest BCUT2D eigenvalue weighted by molar-refractivity contribution is 6.01. The number of hydrogen-bond donors (Lipinski definition) is 0. The molecule has 0 unspecified atom stereocenters. The number of anilines is 1. The Hall–Kier alpha value is -3.47. The molecule has 5 nitrogen and oxygen atoms in total. The van der Waals surface area contributed by atoms with Crippen LogP contribution in [0.3, 0.4) is 0 Å². The van der Waals surface area contributed by atoms with Crippen LogP contribution in [0.5, 0.6) is 11.5 Å². The van der Waals surface area contributed by atoms with Crippen LogP contribution in [0.1, 0.15) is 21.5 Å². The molecule has 0 fully saturated rings. The molecule has 1 aliphatic heterocycles. The van der Waals surface area contributed by atoms with Crippen molar-refractivity contribution in [2.24, 2.45) is 0 Å². The molecule has 5 heteroatoms. The Labute approximate surface area is 176 Å². The SMILES string of the molecule is COC(=O)c1cc(OC)c(OC)cc1-c1cccc2c1N(Cc1ccccc1)CC2. The summed E-state index contributed by atoms with van der Waals surface area (Å²) in [6, 6.07) is 20.2. The van der Waals surface area contributed by atoms with Gasteiger partial charge in [-0.1, -0.05) is 48.5 Å². The fourth-order valence-corrected chi connectivity index (χ4v) is 4.09. The number of para-hydroxylation sites is 1. The molecular weight excluding hydrogens is 378 g/mol. The highest BCUT2D eigenvalue weighted by Crippen LogP contribution is 2.43. The van der Waals surface area contributed by atoms with Crippen molar-refractivity contribution < 1.29 is 19.0 Å². The van der Waals surface area contributed by atoms with Gasteiger partial charge in [0.05, 0.1) is 26.9 Å². The number of carbonyl (C=O) groups excluding carboxylic acids is 1. The van der Waals surface area contributed by atoms with Crippen LogP contribution in [0.15, 0.2) is 60.7 Å². The summed E-state index contributed by atoms with van der Waals surface area (Å²) in [7, 11) is 4.54. The number of methoxy groups -OCH3 is 3. The summed E-state index contributed by atoms with van der Waals surface area (Å²) in [4.78, 5) is 15.0. The second kappa shape index (κ2) is 8.49. The molecule has 0 bridgehead atoms. The van der Waals surface area contributed by atoms with E-state index in [1.165, 1.54) is 18.2 Å². The maximum atomic E-state index is 12.6. The zero-order valence-electron chi connectivity index (χ0n) is 17.5. The van der Waals surface area contributed by atoms with E-state index in [1.54, 1.807) is 20.3 Å². The van der Waals surface area contributed by atoms with E-state index in [-0.39, 0.29) is 0 Å². The second-order valence-corrected chi connectivity index (χ2v) is 7.21. The van der Waals surface area contributed by atoms with Gasteiger partial charge in [-0.25, -0.2) is 4.79 Å². The smallest absolute Gasteiger partial charge is 0.338 e. The summed E-state index contributed by atoms with van der Waals surface area (Å²) in [5.74, 6) is 0.664. The Morgan fingerprint density at radius 3 is 2.33 bits per heavy atom. The molecule has 0 aromatic heterocycles.